The first-order valence-corrected chi connectivity index (χ1v) is 6.23. The van der Waals surface area contributed by atoms with Crippen molar-refractivity contribution < 1.29 is 9.72 Å². The van der Waals surface area contributed by atoms with Crippen molar-refractivity contribution in [1.82, 2.24) is 4.90 Å². The van der Waals surface area contributed by atoms with Crippen LogP contribution >= 0.6 is 11.6 Å². The van der Waals surface area contributed by atoms with Crippen molar-refractivity contribution in [1.29, 1.82) is 0 Å². The fourth-order valence-corrected chi connectivity index (χ4v) is 1.86. The Balaban J connectivity index is 3.07. The molecule has 0 spiro atoms. The zero-order valence-corrected chi connectivity index (χ0v) is 11.4. The van der Waals surface area contributed by atoms with Gasteiger partial charge in [0, 0.05) is 24.7 Å². The van der Waals surface area contributed by atoms with Crippen LogP contribution in [0.25, 0.3) is 0 Å². The normalized spacial score (nSPS) is 10.0. The third kappa shape index (κ3) is 3.79. The molecule has 0 N–H and O–H groups in total. The number of nitro groups is 1. The molecule has 5 nitrogen and oxygen atoms in total. The van der Waals surface area contributed by atoms with E-state index in [0.29, 0.717) is 13.1 Å². The van der Waals surface area contributed by atoms with E-state index in [1.165, 1.54) is 18.2 Å². The van der Waals surface area contributed by atoms with Gasteiger partial charge >= 0.3 is 0 Å². The molecule has 1 rings (SSSR count). The zero-order chi connectivity index (χ0) is 14.4. The summed E-state index contributed by atoms with van der Waals surface area (Å²) in [6.45, 7) is 6.52. The monoisotopic (exact) mass is 282 g/mol. The molecule has 0 aliphatic rings. The SMILES string of the molecule is C=CCN(CCC)C(=O)c1ccc(Cl)c([N+](=O)[O-])c1. The van der Waals surface area contributed by atoms with Crippen molar-refractivity contribution in [3.05, 3.63) is 51.6 Å². The minimum Gasteiger partial charge on any atom is -0.335 e. The molecule has 0 atom stereocenters. The molecule has 0 saturated heterocycles. The van der Waals surface area contributed by atoms with Crippen molar-refractivity contribution in [2.45, 2.75) is 13.3 Å². The molecular weight excluding hydrogens is 268 g/mol. The Bertz CT molecular complexity index is 503. The van der Waals surface area contributed by atoms with E-state index < -0.39 is 4.92 Å². The lowest BCUT2D eigenvalue weighted by molar-refractivity contribution is -0.384. The van der Waals surface area contributed by atoms with Gasteiger partial charge in [0.05, 0.1) is 4.92 Å². The van der Waals surface area contributed by atoms with Crippen molar-refractivity contribution in [2.75, 3.05) is 13.1 Å². The molecule has 1 amide bonds. The second-order valence-electron chi connectivity index (χ2n) is 3.96. The Labute approximate surface area is 116 Å². The maximum Gasteiger partial charge on any atom is 0.288 e. The van der Waals surface area contributed by atoms with Crippen LogP contribution in [0.3, 0.4) is 0 Å². The highest BCUT2D eigenvalue weighted by atomic mass is 35.5. The van der Waals surface area contributed by atoms with Gasteiger partial charge in [-0.25, -0.2) is 0 Å². The quantitative estimate of drug-likeness (QED) is 0.457. The lowest BCUT2D eigenvalue weighted by Crippen LogP contribution is -2.31. The van der Waals surface area contributed by atoms with E-state index in [1.54, 1.807) is 11.0 Å². The largest absolute Gasteiger partial charge is 0.335 e. The summed E-state index contributed by atoms with van der Waals surface area (Å²) in [4.78, 5) is 24.0. The molecule has 1 aromatic carbocycles. The minimum absolute atomic E-state index is 0.0207. The standard InChI is InChI=1S/C13H15ClN2O3/c1-3-7-15(8-4-2)13(17)10-5-6-11(14)12(9-10)16(18)19/h3,5-6,9H,1,4,7-8H2,2H3. The number of carbonyl (C=O) groups excluding carboxylic acids is 1. The topological polar surface area (TPSA) is 63.5 Å². The molecule has 0 aliphatic heterocycles. The van der Waals surface area contributed by atoms with Gasteiger partial charge in [0.2, 0.25) is 0 Å². The van der Waals surface area contributed by atoms with Crippen molar-refractivity contribution in [2.24, 2.45) is 0 Å². The summed E-state index contributed by atoms with van der Waals surface area (Å²) in [5, 5.41) is 10.8. The zero-order valence-electron chi connectivity index (χ0n) is 10.6. The Kier molecular flexibility index (Phi) is 5.51. The van der Waals surface area contributed by atoms with E-state index in [9.17, 15) is 14.9 Å². The Hall–Kier alpha value is -1.88. The van der Waals surface area contributed by atoms with E-state index >= 15 is 0 Å². The molecule has 6 heteroatoms. The number of amides is 1. The van der Waals surface area contributed by atoms with Gasteiger partial charge in [-0.3, -0.25) is 14.9 Å². The van der Waals surface area contributed by atoms with E-state index in [2.05, 4.69) is 6.58 Å². The number of carbonyl (C=O) groups is 1. The number of nitrogens with zero attached hydrogens (tertiary/aromatic N) is 2. The summed E-state index contributed by atoms with van der Waals surface area (Å²) in [5.41, 5.74) is -0.00559. The van der Waals surface area contributed by atoms with Crippen molar-refractivity contribution in [3.63, 3.8) is 0 Å². The number of rotatable bonds is 6. The Morgan fingerprint density at radius 1 is 1.58 bits per heavy atom. The van der Waals surface area contributed by atoms with Gasteiger partial charge < -0.3 is 4.90 Å². The van der Waals surface area contributed by atoms with E-state index in [0.717, 1.165) is 6.42 Å². The molecule has 0 bridgehead atoms. The average Bonchev–Trinajstić information content (AvgIpc) is 2.38. The summed E-state index contributed by atoms with van der Waals surface area (Å²) >= 11 is 5.72. The van der Waals surface area contributed by atoms with E-state index in [4.69, 9.17) is 11.6 Å². The van der Waals surface area contributed by atoms with Gasteiger partial charge in [-0.15, -0.1) is 6.58 Å². The molecule has 0 heterocycles. The summed E-state index contributed by atoms with van der Waals surface area (Å²) in [5.74, 6) is -0.262. The number of hydrogen-bond acceptors (Lipinski definition) is 3. The van der Waals surface area contributed by atoms with Crippen LogP contribution < -0.4 is 0 Å². The Morgan fingerprint density at radius 2 is 2.26 bits per heavy atom. The van der Waals surface area contributed by atoms with Crippen molar-refractivity contribution >= 4 is 23.2 Å². The third-order valence-corrected chi connectivity index (χ3v) is 2.84. The molecule has 0 radical (unpaired) electrons. The molecule has 0 unspecified atom stereocenters. The first kappa shape index (κ1) is 15.2. The number of halogens is 1. The van der Waals surface area contributed by atoms with Crippen LogP contribution in [0, 0.1) is 10.1 Å². The number of nitro benzene ring substituents is 1. The van der Waals surface area contributed by atoms with Gasteiger partial charge in [0.15, 0.2) is 0 Å². The first-order valence-electron chi connectivity index (χ1n) is 5.85. The molecule has 0 saturated carbocycles. The smallest absolute Gasteiger partial charge is 0.288 e. The molecule has 1 aromatic rings. The second-order valence-corrected chi connectivity index (χ2v) is 4.37. The molecule has 0 aliphatic carbocycles. The maximum atomic E-state index is 12.2. The highest BCUT2D eigenvalue weighted by Crippen LogP contribution is 2.25. The van der Waals surface area contributed by atoms with Crippen molar-refractivity contribution in [3.8, 4) is 0 Å². The van der Waals surface area contributed by atoms with Gasteiger partial charge in [-0.1, -0.05) is 24.6 Å². The Morgan fingerprint density at radius 3 is 2.79 bits per heavy atom. The van der Waals surface area contributed by atoms with Crippen LogP contribution in [0.2, 0.25) is 5.02 Å². The minimum atomic E-state index is -0.600. The lowest BCUT2D eigenvalue weighted by atomic mass is 10.1. The highest BCUT2D eigenvalue weighted by molar-refractivity contribution is 6.32. The maximum absolute atomic E-state index is 12.2. The van der Waals surface area contributed by atoms with Gasteiger partial charge in [-0.05, 0) is 18.6 Å². The summed E-state index contributed by atoms with van der Waals surface area (Å²) in [6.07, 6.45) is 2.42. The molecule has 102 valence electrons. The highest BCUT2D eigenvalue weighted by Gasteiger charge is 2.19. The van der Waals surface area contributed by atoms with Crippen LogP contribution in [-0.4, -0.2) is 28.8 Å². The fourth-order valence-electron chi connectivity index (χ4n) is 1.67. The van der Waals surface area contributed by atoms with Gasteiger partial charge in [0.25, 0.3) is 11.6 Å². The van der Waals surface area contributed by atoms with E-state index in [-0.39, 0.29) is 22.2 Å². The lowest BCUT2D eigenvalue weighted by Gasteiger charge is -2.20. The number of hydrogen-bond donors (Lipinski definition) is 0. The molecule has 0 fully saturated rings. The van der Waals surface area contributed by atoms with Crippen LogP contribution in [0.4, 0.5) is 5.69 Å². The third-order valence-electron chi connectivity index (χ3n) is 2.52. The van der Waals surface area contributed by atoms with Crippen LogP contribution in [0.1, 0.15) is 23.7 Å². The number of benzene rings is 1. The summed E-state index contributed by atoms with van der Waals surface area (Å²) in [6, 6.07) is 4.06. The second kappa shape index (κ2) is 6.89. The van der Waals surface area contributed by atoms with E-state index in [1.807, 2.05) is 6.92 Å². The average molecular weight is 283 g/mol. The molecular formula is C13H15ClN2O3. The van der Waals surface area contributed by atoms with Gasteiger partial charge in [-0.2, -0.15) is 0 Å². The fraction of sp³-hybridized carbons (Fsp3) is 0.308. The van der Waals surface area contributed by atoms with Crippen LogP contribution in [0.5, 0.6) is 0 Å². The summed E-state index contributed by atoms with van der Waals surface area (Å²) in [7, 11) is 0. The van der Waals surface area contributed by atoms with Gasteiger partial charge in [0.1, 0.15) is 5.02 Å². The van der Waals surface area contributed by atoms with Crippen LogP contribution in [-0.2, 0) is 0 Å². The molecule has 19 heavy (non-hydrogen) atoms. The first-order chi connectivity index (χ1) is 9.01. The van der Waals surface area contributed by atoms with Crippen LogP contribution in [0.15, 0.2) is 30.9 Å². The molecule has 0 aromatic heterocycles. The predicted octanol–water partition coefficient (Wildman–Crippen LogP) is 3.29. The predicted molar refractivity (Wildman–Crippen MR) is 74.5 cm³/mol. The summed E-state index contributed by atoms with van der Waals surface area (Å²) < 4.78 is 0.